The number of nitrogens with two attached hydrogens (primary N) is 3. The van der Waals surface area contributed by atoms with E-state index in [1.165, 1.54) is 12.5 Å². The highest BCUT2D eigenvalue weighted by Crippen LogP contribution is 2.07. The van der Waals surface area contributed by atoms with E-state index >= 15 is 0 Å². The third-order valence-electron chi connectivity index (χ3n) is 5.49. The van der Waals surface area contributed by atoms with Crippen LogP contribution < -0.4 is 33.2 Å². The number of carboxylic acid groups (broad SMARTS) is 2. The Balaban J connectivity index is 2.98. The zero-order valence-corrected chi connectivity index (χ0v) is 20.9. The maximum absolute atomic E-state index is 13.1. The first-order valence-electron chi connectivity index (χ1n) is 12.0. The molecule has 1 aromatic heterocycles. The molecule has 1 rings (SSSR count). The van der Waals surface area contributed by atoms with Crippen molar-refractivity contribution in [3.8, 4) is 0 Å². The molecule has 16 heteroatoms. The van der Waals surface area contributed by atoms with Gasteiger partial charge in [0.05, 0.1) is 12.4 Å². The molecule has 0 fully saturated rings. The third kappa shape index (κ3) is 12.3. The summed E-state index contributed by atoms with van der Waals surface area (Å²) in [6.07, 6.45) is 2.68. The minimum atomic E-state index is -1.50. The van der Waals surface area contributed by atoms with Gasteiger partial charge in [-0.05, 0) is 38.6 Å². The maximum atomic E-state index is 13.1. The Morgan fingerprint density at radius 2 is 1.45 bits per heavy atom. The van der Waals surface area contributed by atoms with E-state index in [0.29, 0.717) is 25.1 Å². The van der Waals surface area contributed by atoms with Gasteiger partial charge in [-0.3, -0.25) is 24.0 Å². The Morgan fingerprint density at radius 1 is 0.868 bits per heavy atom. The number of hydrogen-bond acceptors (Lipinski definition) is 9. The van der Waals surface area contributed by atoms with Gasteiger partial charge in [0.25, 0.3) is 0 Å². The number of carboxylic acids is 2. The van der Waals surface area contributed by atoms with Crippen LogP contribution >= 0.6 is 0 Å². The molecule has 0 aliphatic rings. The Hall–Kier alpha value is -4.05. The van der Waals surface area contributed by atoms with Crippen molar-refractivity contribution in [2.45, 2.75) is 75.5 Å². The predicted octanol–water partition coefficient (Wildman–Crippen LogP) is -2.92. The van der Waals surface area contributed by atoms with Crippen LogP contribution in [0.1, 0.15) is 50.6 Å². The number of amides is 4. The lowest BCUT2D eigenvalue weighted by molar-refractivity contribution is -0.143. The molecule has 0 aliphatic heterocycles. The lowest BCUT2D eigenvalue weighted by Gasteiger charge is -2.25. The first-order chi connectivity index (χ1) is 17.9. The van der Waals surface area contributed by atoms with Crippen molar-refractivity contribution in [2.75, 3.05) is 6.54 Å². The predicted molar refractivity (Wildman–Crippen MR) is 132 cm³/mol. The molecule has 4 unspecified atom stereocenters. The van der Waals surface area contributed by atoms with Crippen LogP contribution in [0.15, 0.2) is 12.5 Å². The SMILES string of the molecule is NCCCCC(NC(=O)C(N)Cc1cnc[nH]1)C(=O)NC(CCC(=O)O)C(=O)NC(CCC(N)=O)C(=O)O. The Kier molecular flexibility index (Phi) is 14.0. The molecule has 212 valence electrons. The van der Waals surface area contributed by atoms with Crippen molar-refractivity contribution in [1.29, 1.82) is 0 Å². The minimum absolute atomic E-state index is 0.120. The lowest BCUT2D eigenvalue weighted by atomic mass is 10.0. The van der Waals surface area contributed by atoms with E-state index in [-0.39, 0.29) is 32.1 Å². The van der Waals surface area contributed by atoms with Crippen molar-refractivity contribution in [2.24, 2.45) is 17.2 Å². The molecule has 12 N–H and O–H groups in total. The van der Waals surface area contributed by atoms with Gasteiger partial charge in [0.15, 0.2) is 0 Å². The summed E-state index contributed by atoms with van der Waals surface area (Å²) in [5, 5.41) is 25.5. The summed E-state index contributed by atoms with van der Waals surface area (Å²) in [7, 11) is 0. The van der Waals surface area contributed by atoms with Gasteiger partial charge in [-0.25, -0.2) is 9.78 Å². The van der Waals surface area contributed by atoms with Gasteiger partial charge < -0.3 is 48.3 Å². The molecule has 0 radical (unpaired) electrons. The van der Waals surface area contributed by atoms with Crippen LogP contribution in [0.25, 0.3) is 0 Å². The molecule has 0 saturated carbocycles. The van der Waals surface area contributed by atoms with E-state index in [9.17, 15) is 33.9 Å². The van der Waals surface area contributed by atoms with Crippen LogP contribution in [0.2, 0.25) is 0 Å². The zero-order chi connectivity index (χ0) is 28.7. The Morgan fingerprint density at radius 3 is 1.97 bits per heavy atom. The largest absolute Gasteiger partial charge is 0.481 e. The summed E-state index contributed by atoms with van der Waals surface area (Å²) in [5.74, 6) is -5.88. The summed E-state index contributed by atoms with van der Waals surface area (Å²) in [6, 6.07) is -5.10. The third-order valence-corrected chi connectivity index (χ3v) is 5.49. The number of carbonyl (C=O) groups is 6. The van der Waals surface area contributed by atoms with E-state index in [4.69, 9.17) is 22.3 Å². The molecule has 0 saturated heterocycles. The number of primary amides is 1. The van der Waals surface area contributed by atoms with Crippen molar-refractivity contribution in [1.82, 2.24) is 25.9 Å². The van der Waals surface area contributed by atoms with E-state index in [1.807, 2.05) is 0 Å². The summed E-state index contributed by atoms with van der Waals surface area (Å²) >= 11 is 0. The normalized spacial score (nSPS) is 13.9. The number of carbonyl (C=O) groups excluding carboxylic acids is 4. The number of unbranched alkanes of at least 4 members (excludes halogenated alkanes) is 1. The average molecular weight is 541 g/mol. The van der Waals surface area contributed by atoms with Gasteiger partial charge in [0.2, 0.25) is 23.6 Å². The second-order valence-electron chi connectivity index (χ2n) is 8.63. The number of aromatic nitrogens is 2. The lowest BCUT2D eigenvalue weighted by Crippen LogP contribution is -2.57. The van der Waals surface area contributed by atoms with Crippen LogP contribution in [0, 0.1) is 0 Å². The summed E-state index contributed by atoms with van der Waals surface area (Å²) in [6.45, 7) is 0.340. The molecule has 1 aromatic rings. The number of rotatable bonds is 19. The number of nitrogens with zero attached hydrogens (tertiary/aromatic N) is 1. The fourth-order valence-corrected chi connectivity index (χ4v) is 3.39. The standard InChI is InChI=1S/C22H36N8O8/c23-8-2-1-3-14(28-19(34)13(24)9-12-10-26-11-27-12)20(35)29-15(5-7-18(32)33)21(36)30-16(22(37)38)4-6-17(25)31/h10-11,13-16H,1-9,23-24H2,(H2,25,31)(H,26,27)(H,28,34)(H,29,35)(H,30,36)(H,32,33)(H,37,38). The second kappa shape index (κ2) is 16.6. The van der Waals surface area contributed by atoms with Crippen molar-refractivity contribution in [3.63, 3.8) is 0 Å². The van der Waals surface area contributed by atoms with Gasteiger partial charge in [0, 0.05) is 31.2 Å². The van der Waals surface area contributed by atoms with Crippen molar-refractivity contribution in [3.05, 3.63) is 18.2 Å². The number of imidazole rings is 1. The van der Waals surface area contributed by atoms with Gasteiger partial charge in [-0.2, -0.15) is 0 Å². The molecule has 4 atom stereocenters. The van der Waals surface area contributed by atoms with Crippen LogP contribution in [0.3, 0.4) is 0 Å². The number of aliphatic carboxylic acids is 2. The molecule has 16 nitrogen and oxygen atoms in total. The fraction of sp³-hybridized carbons (Fsp3) is 0.591. The van der Waals surface area contributed by atoms with Crippen LogP contribution in [0.5, 0.6) is 0 Å². The highest BCUT2D eigenvalue weighted by Gasteiger charge is 2.30. The van der Waals surface area contributed by atoms with E-state index in [1.54, 1.807) is 0 Å². The summed E-state index contributed by atoms with van der Waals surface area (Å²) in [4.78, 5) is 78.8. The first kappa shape index (κ1) is 32.0. The molecule has 1 heterocycles. The Labute approximate surface area is 218 Å². The smallest absolute Gasteiger partial charge is 0.326 e. The zero-order valence-electron chi connectivity index (χ0n) is 20.9. The average Bonchev–Trinajstić information content (AvgIpc) is 3.35. The molecule has 0 aromatic carbocycles. The molecule has 0 spiro atoms. The van der Waals surface area contributed by atoms with E-state index < -0.39 is 66.2 Å². The number of nitrogens with one attached hydrogen (secondary N) is 4. The highest BCUT2D eigenvalue weighted by molar-refractivity contribution is 5.94. The fourth-order valence-electron chi connectivity index (χ4n) is 3.39. The molecular weight excluding hydrogens is 504 g/mol. The number of hydrogen-bond donors (Lipinski definition) is 9. The molecular formula is C22H36N8O8. The molecule has 4 amide bonds. The van der Waals surface area contributed by atoms with Crippen LogP contribution in [-0.2, 0) is 35.2 Å². The molecule has 38 heavy (non-hydrogen) atoms. The summed E-state index contributed by atoms with van der Waals surface area (Å²) in [5.41, 5.74) is 17.1. The van der Waals surface area contributed by atoms with Gasteiger partial charge >= 0.3 is 11.9 Å². The highest BCUT2D eigenvalue weighted by atomic mass is 16.4. The van der Waals surface area contributed by atoms with Gasteiger partial charge in [0.1, 0.15) is 18.1 Å². The van der Waals surface area contributed by atoms with Crippen molar-refractivity contribution < 1.29 is 39.0 Å². The quantitative estimate of drug-likeness (QED) is 0.0801. The van der Waals surface area contributed by atoms with Gasteiger partial charge in [-0.15, -0.1) is 0 Å². The number of aromatic amines is 1. The topological polar surface area (TPSA) is 286 Å². The maximum Gasteiger partial charge on any atom is 0.326 e. The van der Waals surface area contributed by atoms with Crippen LogP contribution in [0.4, 0.5) is 0 Å². The first-order valence-corrected chi connectivity index (χ1v) is 12.0. The van der Waals surface area contributed by atoms with Crippen LogP contribution in [-0.4, -0.2) is 86.5 Å². The summed E-state index contributed by atoms with van der Waals surface area (Å²) < 4.78 is 0. The molecule has 0 bridgehead atoms. The van der Waals surface area contributed by atoms with E-state index in [0.717, 1.165) is 0 Å². The van der Waals surface area contributed by atoms with E-state index in [2.05, 4.69) is 25.9 Å². The number of H-pyrrole nitrogens is 1. The molecule has 0 aliphatic carbocycles. The minimum Gasteiger partial charge on any atom is -0.481 e. The second-order valence-corrected chi connectivity index (χ2v) is 8.63. The van der Waals surface area contributed by atoms with Crippen molar-refractivity contribution >= 4 is 35.6 Å². The Bertz CT molecular complexity index is 955. The monoisotopic (exact) mass is 540 g/mol. The van der Waals surface area contributed by atoms with Gasteiger partial charge in [-0.1, -0.05) is 0 Å².